The Bertz CT molecular complexity index is 348. The van der Waals surface area contributed by atoms with Gasteiger partial charge in [0, 0.05) is 23.0 Å². The van der Waals surface area contributed by atoms with E-state index in [0.717, 1.165) is 6.29 Å². The average molecular weight is 226 g/mol. The number of aldehydes is 1. The molecule has 1 rings (SSSR count). The zero-order valence-corrected chi connectivity index (χ0v) is 9.12. The monoisotopic (exact) mass is 225 g/mol. The SMILES string of the molecule is C[C@H](CC=O)NC(=O)c1ccc(Cl)cc1. The second-order valence-electron chi connectivity index (χ2n) is 3.28. The third kappa shape index (κ3) is 3.72. The lowest BCUT2D eigenvalue weighted by molar-refractivity contribution is -0.108. The second-order valence-corrected chi connectivity index (χ2v) is 3.72. The summed E-state index contributed by atoms with van der Waals surface area (Å²) in [4.78, 5) is 21.8. The van der Waals surface area contributed by atoms with Gasteiger partial charge in [-0.3, -0.25) is 4.79 Å². The van der Waals surface area contributed by atoms with Crippen molar-refractivity contribution in [3.05, 3.63) is 34.9 Å². The topological polar surface area (TPSA) is 46.2 Å². The standard InChI is InChI=1S/C11H12ClNO2/c1-8(6-7-14)13-11(15)9-2-4-10(12)5-3-9/h2-5,7-8H,6H2,1H3,(H,13,15)/t8-/m1/s1. The maximum Gasteiger partial charge on any atom is 0.251 e. The summed E-state index contributed by atoms with van der Waals surface area (Å²) < 4.78 is 0. The van der Waals surface area contributed by atoms with Crippen molar-refractivity contribution in [2.24, 2.45) is 0 Å². The van der Waals surface area contributed by atoms with E-state index in [1.54, 1.807) is 31.2 Å². The summed E-state index contributed by atoms with van der Waals surface area (Å²) in [5.74, 6) is -0.194. The molecule has 0 fully saturated rings. The number of carbonyl (C=O) groups excluding carboxylic acids is 2. The van der Waals surface area contributed by atoms with Crippen LogP contribution in [0.4, 0.5) is 0 Å². The number of hydrogen-bond acceptors (Lipinski definition) is 2. The van der Waals surface area contributed by atoms with Gasteiger partial charge in [0.25, 0.3) is 5.91 Å². The lowest BCUT2D eigenvalue weighted by atomic mass is 10.2. The molecule has 0 unspecified atom stereocenters. The Hall–Kier alpha value is -1.35. The molecule has 0 aliphatic rings. The normalized spacial score (nSPS) is 11.9. The fraction of sp³-hybridized carbons (Fsp3) is 0.273. The zero-order valence-electron chi connectivity index (χ0n) is 8.37. The summed E-state index contributed by atoms with van der Waals surface area (Å²) in [6.45, 7) is 1.78. The van der Waals surface area contributed by atoms with E-state index in [4.69, 9.17) is 11.6 Å². The molecule has 15 heavy (non-hydrogen) atoms. The van der Waals surface area contributed by atoms with Crippen LogP contribution in [0.2, 0.25) is 5.02 Å². The zero-order chi connectivity index (χ0) is 11.3. The number of carbonyl (C=O) groups is 2. The molecule has 1 atom stereocenters. The summed E-state index contributed by atoms with van der Waals surface area (Å²) in [6.07, 6.45) is 1.10. The van der Waals surface area contributed by atoms with Crippen LogP contribution in [-0.4, -0.2) is 18.2 Å². The average Bonchev–Trinajstić information content (AvgIpc) is 2.18. The first-order valence-electron chi connectivity index (χ1n) is 4.63. The van der Waals surface area contributed by atoms with Crippen molar-refractivity contribution in [2.75, 3.05) is 0 Å². The van der Waals surface area contributed by atoms with Gasteiger partial charge in [-0.2, -0.15) is 0 Å². The number of benzene rings is 1. The summed E-state index contributed by atoms with van der Waals surface area (Å²) in [5, 5.41) is 3.29. The van der Waals surface area contributed by atoms with Crippen molar-refractivity contribution in [1.82, 2.24) is 5.32 Å². The number of amides is 1. The van der Waals surface area contributed by atoms with Crippen molar-refractivity contribution in [1.29, 1.82) is 0 Å². The minimum Gasteiger partial charge on any atom is -0.349 e. The predicted molar refractivity (Wildman–Crippen MR) is 59.1 cm³/mol. The maximum absolute atomic E-state index is 11.6. The highest BCUT2D eigenvalue weighted by molar-refractivity contribution is 6.30. The third-order valence-electron chi connectivity index (χ3n) is 1.93. The van der Waals surface area contributed by atoms with Crippen molar-refractivity contribution in [3.8, 4) is 0 Å². The molecule has 1 amide bonds. The van der Waals surface area contributed by atoms with Gasteiger partial charge in [-0.1, -0.05) is 11.6 Å². The van der Waals surface area contributed by atoms with Crippen molar-refractivity contribution < 1.29 is 9.59 Å². The van der Waals surface area contributed by atoms with E-state index >= 15 is 0 Å². The van der Waals surface area contributed by atoms with E-state index in [1.165, 1.54) is 0 Å². The fourth-order valence-corrected chi connectivity index (χ4v) is 1.24. The van der Waals surface area contributed by atoms with Gasteiger partial charge >= 0.3 is 0 Å². The molecule has 0 radical (unpaired) electrons. The number of rotatable bonds is 4. The highest BCUT2D eigenvalue weighted by Gasteiger charge is 2.08. The molecule has 1 aromatic rings. The quantitative estimate of drug-likeness (QED) is 0.798. The summed E-state index contributed by atoms with van der Waals surface area (Å²) in [5.41, 5.74) is 0.539. The Labute approximate surface area is 93.4 Å². The molecule has 3 nitrogen and oxygen atoms in total. The van der Waals surface area contributed by atoms with Crippen LogP contribution < -0.4 is 5.32 Å². The molecule has 1 aromatic carbocycles. The maximum atomic E-state index is 11.6. The van der Waals surface area contributed by atoms with Gasteiger partial charge in [0.2, 0.25) is 0 Å². The van der Waals surface area contributed by atoms with Crippen LogP contribution in [0, 0.1) is 0 Å². The lowest BCUT2D eigenvalue weighted by Gasteiger charge is -2.10. The molecule has 0 heterocycles. The Morgan fingerprint density at radius 3 is 2.60 bits per heavy atom. The molecule has 0 aliphatic carbocycles. The van der Waals surface area contributed by atoms with Gasteiger partial charge in [-0.05, 0) is 31.2 Å². The first-order chi connectivity index (χ1) is 7.13. The van der Waals surface area contributed by atoms with Crippen molar-refractivity contribution >= 4 is 23.8 Å². The molecule has 0 aliphatic heterocycles. The van der Waals surface area contributed by atoms with Crippen molar-refractivity contribution in [3.63, 3.8) is 0 Å². The Morgan fingerprint density at radius 1 is 1.47 bits per heavy atom. The number of nitrogens with one attached hydrogen (secondary N) is 1. The lowest BCUT2D eigenvalue weighted by Crippen LogP contribution is -2.32. The van der Waals surface area contributed by atoms with E-state index in [0.29, 0.717) is 17.0 Å². The molecule has 0 spiro atoms. The van der Waals surface area contributed by atoms with Crippen LogP contribution in [0.3, 0.4) is 0 Å². The fourth-order valence-electron chi connectivity index (χ4n) is 1.11. The van der Waals surface area contributed by atoms with E-state index in [2.05, 4.69) is 5.32 Å². The van der Waals surface area contributed by atoms with Gasteiger partial charge < -0.3 is 10.1 Å². The molecule has 0 saturated heterocycles. The predicted octanol–water partition coefficient (Wildman–Crippen LogP) is 2.05. The Balaban J connectivity index is 2.61. The van der Waals surface area contributed by atoms with Gasteiger partial charge in [-0.15, -0.1) is 0 Å². The highest BCUT2D eigenvalue weighted by atomic mass is 35.5. The second kappa shape index (κ2) is 5.51. The van der Waals surface area contributed by atoms with Gasteiger partial charge in [0.1, 0.15) is 6.29 Å². The van der Waals surface area contributed by atoms with Crippen LogP contribution in [0.5, 0.6) is 0 Å². The summed E-state index contributed by atoms with van der Waals surface area (Å²) in [6, 6.07) is 6.45. The van der Waals surface area contributed by atoms with E-state index in [-0.39, 0.29) is 11.9 Å². The van der Waals surface area contributed by atoms with Crippen LogP contribution >= 0.6 is 11.6 Å². The molecular formula is C11H12ClNO2. The van der Waals surface area contributed by atoms with Crippen LogP contribution in [-0.2, 0) is 4.79 Å². The first-order valence-corrected chi connectivity index (χ1v) is 5.01. The van der Waals surface area contributed by atoms with E-state index < -0.39 is 0 Å². The number of hydrogen-bond donors (Lipinski definition) is 1. The smallest absolute Gasteiger partial charge is 0.251 e. The third-order valence-corrected chi connectivity index (χ3v) is 2.19. The molecule has 80 valence electrons. The molecule has 0 bridgehead atoms. The van der Waals surface area contributed by atoms with Crippen LogP contribution in [0.1, 0.15) is 23.7 Å². The largest absolute Gasteiger partial charge is 0.349 e. The molecule has 1 N–H and O–H groups in total. The molecule has 0 aromatic heterocycles. The number of halogens is 1. The van der Waals surface area contributed by atoms with E-state index in [1.807, 2.05) is 0 Å². The van der Waals surface area contributed by atoms with Crippen LogP contribution in [0.15, 0.2) is 24.3 Å². The minimum absolute atomic E-state index is 0.148. The first kappa shape index (κ1) is 11.7. The summed E-state index contributed by atoms with van der Waals surface area (Å²) >= 11 is 5.69. The highest BCUT2D eigenvalue weighted by Crippen LogP contribution is 2.09. The molecular weight excluding hydrogens is 214 g/mol. The van der Waals surface area contributed by atoms with Gasteiger partial charge in [0.05, 0.1) is 0 Å². The molecule has 0 saturated carbocycles. The minimum atomic E-state index is -0.194. The Morgan fingerprint density at radius 2 is 2.07 bits per heavy atom. The summed E-state index contributed by atoms with van der Waals surface area (Å²) in [7, 11) is 0. The Kier molecular flexibility index (Phi) is 4.31. The molecule has 4 heteroatoms. The van der Waals surface area contributed by atoms with Gasteiger partial charge in [0.15, 0.2) is 0 Å². The van der Waals surface area contributed by atoms with Crippen LogP contribution in [0.25, 0.3) is 0 Å². The van der Waals surface area contributed by atoms with Gasteiger partial charge in [-0.25, -0.2) is 0 Å². The van der Waals surface area contributed by atoms with E-state index in [9.17, 15) is 9.59 Å². The van der Waals surface area contributed by atoms with Crippen molar-refractivity contribution in [2.45, 2.75) is 19.4 Å².